The van der Waals surface area contributed by atoms with Crippen molar-refractivity contribution in [1.82, 2.24) is 4.98 Å². The van der Waals surface area contributed by atoms with Crippen LogP contribution in [0.2, 0.25) is 0 Å². The van der Waals surface area contributed by atoms with Crippen molar-refractivity contribution in [1.29, 1.82) is 0 Å². The van der Waals surface area contributed by atoms with Crippen LogP contribution in [0.15, 0.2) is 5.38 Å². The van der Waals surface area contributed by atoms with Crippen molar-refractivity contribution in [2.45, 2.75) is 39.0 Å². The highest BCUT2D eigenvalue weighted by Gasteiger charge is 2.07. The van der Waals surface area contributed by atoms with E-state index in [-0.39, 0.29) is 12.3 Å². The summed E-state index contributed by atoms with van der Waals surface area (Å²) in [6, 6.07) is 0. The topological polar surface area (TPSA) is 88.5 Å². The summed E-state index contributed by atoms with van der Waals surface area (Å²) in [6.45, 7) is 3.09. The van der Waals surface area contributed by atoms with Gasteiger partial charge < -0.3 is 15.2 Å². The highest BCUT2D eigenvalue weighted by Crippen LogP contribution is 2.17. The van der Waals surface area contributed by atoms with Crippen LogP contribution in [0.1, 0.15) is 38.3 Å². The van der Waals surface area contributed by atoms with Gasteiger partial charge in [-0.05, 0) is 19.3 Å². The zero-order valence-corrected chi connectivity index (χ0v) is 12.4. The van der Waals surface area contributed by atoms with E-state index >= 15 is 0 Å². The first kappa shape index (κ1) is 16.6. The molecule has 0 saturated carbocycles. The van der Waals surface area contributed by atoms with Crippen LogP contribution >= 0.6 is 11.3 Å². The number of rotatable bonds is 10. The highest BCUT2D eigenvalue weighted by molar-refractivity contribution is 7.13. The highest BCUT2D eigenvalue weighted by atomic mass is 32.1. The van der Waals surface area contributed by atoms with E-state index < -0.39 is 5.97 Å². The molecule has 0 saturated heterocycles. The van der Waals surface area contributed by atoms with E-state index in [2.05, 4.69) is 10.3 Å². The summed E-state index contributed by atoms with van der Waals surface area (Å²) < 4.78 is 5.24. The van der Waals surface area contributed by atoms with Crippen LogP contribution in [0.5, 0.6) is 0 Å². The second-order valence-electron chi connectivity index (χ2n) is 4.30. The number of ether oxygens (including phenoxy) is 1. The van der Waals surface area contributed by atoms with Crippen molar-refractivity contribution in [3.63, 3.8) is 0 Å². The van der Waals surface area contributed by atoms with Crippen LogP contribution in [0.3, 0.4) is 0 Å². The normalized spacial score (nSPS) is 10.4. The Kier molecular flexibility index (Phi) is 7.82. The molecule has 0 aliphatic carbocycles. The molecule has 112 valence electrons. The van der Waals surface area contributed by atoms with Crippen molar-refractivity contribution in [3.8, 4) is 0 Å². The van der Waals surface area contributed by atoms with Gasteiger partial charge in [-0.25, -0.2) is 4.98 Å². The maximum Gasteiger partial charge on any atom is 0.303 e. The van der Waals surface area contributed by atoms with E-state index in [1.54, 1.807) is 0 Å². The minimum absolute atomic E-state index is 0.118. The number of carbonyl (C=O) groups excluding carboxylic acids is 1. The van der Waals surface area contributed by atoms with Crippen molar-refractivity contribution in [2.24, 2.45) is 0 Å². The van der Waals surface area contributed by atoms with Gasteiger partial charge in [-0.3, -0.25) is 9.59 Å². The van der Waals surface area contributed by atoms with E-state index in [1.165, 1.54) is 11.3 Å². The number of carboxylic acids is 1. The summed E-state index contributed by atoms with van der Waals surface area (Å²) >= 11 is 1.35. The number of aliphatic carboxylic acids is 1. The number of carboxylic acid groups (broad SMARTS) is 1. The Morgan fingerprint density at radius 2 is 2.20 bits per heavy atom. The second kappa shape index (κ2) is 9.44. The van der Waals surface area contributed by atoms with E-state index in [9.17, 15) is 9.59 Å². The van der Waals surface area contributed by atoms with E-state index in [0.29, 0.717) is 37.6 Å². The SMILES string of the molecule is CCCOCCC(=O)Nc1nc(CCCC(=O)O)cs1. The Bertz CT molecular complexity index is 434. The Balaban J connectivity index is 2.25. The number of anilines is 1. The smallest absolute Gasteiger partial charge is 0.303 e. The maximum absolute atomic E-state index is 11.6. The molecule has 0 aliphatic heterocycles. The summed E-state index contributed by atoms with van der Waals surface area (Å²) in [6.07, 6.45) is 2.55. The Hall–Kier alpha value is -1.47. The zero-order valence-electron chi connectivity index (χ0n) is 11.6. The lowest BCUT2D eigenvalue weighted by Crippen LogP contribution is -2.14. The summed E-state index contributed by atoms with van der Waals surface area (Å²) in [4.78, 5) is 26.2. The molecule has 0 aromatic carbocycles. The van der Waals surface area contributed by atoms with Gasteiger partial charge in [0.25, 0.3) is 0 Å². The fourth-order valence-electron chi connectivity index (χ4n) is 1.49. The fraction of sp³-hybridized carbons (Fsp3) is 0.615. The molecule has 0 aliphatic rings. The molecule has 1 rings (SSSR count). The Morgan fingerprint density at radius 1 is 1.40 bits per heavy atom. The molecule has 1 heterocycles. The number of nitrogens with one attached hydrogen (secondary N) is 1. The van der Waals surface area contributed by atoms with Crippen LogP contribution < -0.4 is 5.32 Å². The van der Waals surface area contributed by atoms with E-state index in [1.807, 2.05) is 12.3 Å². The minimum Gasteiger partial charge on any atom is -0.481 e. The van der Waals surface area contributed by atoms with E-state index in [0.717, 1.165) is 12.1 Å². The van der Waals surface area contributed by atoms with Crippen LogP contribution in [-0.4, -0.2) is 35.2 Å². The average Bonchev–Trinajstić information content (AvgIpc) is 2.82. The monoisotopic (exact) mass is 300 g/mol. The van der Waals surface area contributed by atoms with Gasteiger partial charge in [-0.1, -0.05) is 6.92 Å². The molecule has 7 heteroatoms. The van der Waals surface area contributed by atoms with Gasteiger partial charge in [0.2, 0.25) is 5.91 Å². The fourth-order valence-corrected chi connectivity index (χ4v) is 2.25. The summed E-state index contributed by atoms with van der Waals surface area (Å²) in [5.74, 6) is -0.923. The summed E-state index contributed by atoms with van der Waals surface area (Å²) in [5.41, 5.74) is 0.814. The Labute approximate surface area is 122 Å². The minimum atomic E-state index is -0.805. The van der Waals surface area contributed by atoms with Crippen LogP contribution in [0.25, 0.3) is 0 Å². The number of nitrogens with zero attached hydrogens (tertiary/aromatic N) is 1. The number of carbonyl (C=O) groups is 2. The largest absolute Gasteiger partial charge is 0.481 e. The molecule has 0 fully saturated rings. The first-order valence-electron chi connectivity index (χ1n) is 6.65. The number of hydrogen-bond acceptors (Lipinski definition) is 5. The van der Waals surface area contributed by atoms with E-state index in [4.69, 9.17) is 9.84 Å². The third kappa shape index (κ3) is 7.20. The molecule has 1 aromatic heterocycles. The van der Waals surface area contributed by atoms with Crippen molar-refractivity contribution >= 4 is 28.3 Å². The lowest BCUT2D eigenvalue weighted by atomic mass is 10.2. The average molecular weight is 300 g/mol. The quantitative estimate of drug-likeness (QED) is 0.647. The number of aryl methyl sites for hydroxylation is 1. The predicted octanol–water partition coefficient (Wildman–Crippen LogP) is 2.31. The molecule has 1 aromatic rings. The third-order valence-corrected chi connectivity index (χ3v) is 3.25. The van der Waals surface area contributed by atoms with Crippen LogP contribution in [-0.2, 0) is 20.7 Å². The third-order valence-electron chi connectivity index (χ3n) is 2.44. The molecule has 6 nitrogen and oxygen atoms in total. The number of thiazole rings is 1. The van der Waals surface area contributed by atoms with Gasteiger partial charge in [0.1, 0.15) is 0 Å². The lowest BCUT2D eigenvalue weighted by Gasteiger charge is -2.02. The van der Waals surface area contributed by atoms with Crippen molar-refractivity contribution in [2.75, 3.05) is 18.5 Å². The summed E-state index contributed by atoms with van der Waals surface area (Å²) in [7, 11) is 0. The van der Waals surface area contributed by atoms with Crippen molar-refractivity contribution in [3.05, 3.63) is 11.1 Å². The molecule has 2 N–H and O–H groups in total. The van der Waals surface area contributed by atoms with Crippen molar-refractivity contribution < 1.29 is 19.4 Å². The van der Waals surface area contributed by atoms with Crippen LogP contribution in [0.4, 0.5) is 5.13 Å². The number of hydrogen-bond donors (Lipinski definition) is 2. The molecule has 0 spiro atoms. The van der Waals surface area contributed by atoms with Gasteiger partial charge in [-0.2, -0.15) is 0 Å². The van der Waals surface area contributed by atoms with Gasteiger partial charge in [0.05, 0.1) is 18.7 Å². The maximum atomic E-state index is 11.6. The number of aromatic nitrogens is 1. The molecule has 20 heavy (non-hydrogen) atoms. The van der Waals surface area contributed by atoms with Gasteiger partial charge >= 0.3 is 5.97 Å². The molecule has 1 amide bonds. The standard InChI is InChI=1S/C13H20N2O4S/c1-2-7-19-8-6-11(16)15-13-14-10(9-20-13)4-3-5-12(17)18/h9H,2-8H2,1H3,(H,17,18)(H,14,15,16). The molecule has 0 radical (unpaired) electrons. The Morgan fingerprint density at radius 3 is 2.90 bits per heavy atom. The predicted molar refractivity (Wildman–Crippen MR) is 77.0 cm³/mol. The first-order chi connectivity index (χ1) is 9.61. The summed E-state index contributed by atoms with van der Waals surface area (Å²) in [5, 5.41) is 13.7. The second-order valence-corrected chi connectivity index (χ2v) is 5.16. The molecule has 0 atom stereocenters. The van der Waals surface area contributed by atoms with Gasteiger partial charge in [0.15, 0.2) is 5.13 Å². The molecule has 0 unspecified atom stereocenters. The van der Waals surface area contributed by atoms with Gasteiger partial charge in [0, 0.05) is 18.4 Å². The van der Waals surface area contributed by atoms with Gasteiger partial charge in [-0.15, -0.1) is 11.3 Å². The van der Waals surface area contributed by atoms with Crippen LogP contribution in [0, 0.1) is 0 Å². The molecular formula is C13H20N2O4S. The molecule has 0 bridgehead atoms. The lowest BCUT2D eigenvalue weighted by molar-refractivity contribution is -0.137. The first-order valence-corrected chi connectivity index (χ1v) is 7.53. The molecular weight excluding hydrogens is 280 g/mol. The zero-order chi connectivity index (χ0) is 14.8. The number of amides is 1.